The molecule has 0 unspecified atom stereocenters. The van der Waals surface area contributed by atoms with Crippen LogP contribution in [-0.2, 0) is 0 Å². The standard InChI is InChI=1S/C16H16/c1-13-8-9-16(12-14(13)2)11-10-15-6-4-3-5-7-15/h3-12H,1-2H3/b11-10-. The van der Waals surface area contributed by atoms with Gasteiger partial charge in [0.2, 0.25) is 0 Å². The first-order valence-electron chi connectivity index (χ1n) is 5.56. The molecular weight excluding hydrogens is 192 g/mol. The fourth-order valence-corrected chi connectivity index (χ4v) is 1.62. The van der Waals surface area contributed by atoms with Gasteiger partial charge in [0, 0.05) is 0 Å². The van der Waals surface area contributed by atoms with E-state index in [1.807, 2.05) is 6.07 Å². The fraction of sp³-hybridized carbons (Fsp3) is 0.125. The summed E-state index contributed by atoms with van der Waals surface area (Å²) in [5.41, 5.74) is 5.18. The zero-order chi connectivity index (χ0) is 11.4. The van der Waals surface area contributed by atoms with Crippen LogP contribution in [0.1, 0.15) is 22.3 Å². The Kier molecular flexibility index (Phi) is 3.21. The minimum absolute atomic E-state index is 1.24. The van der Waals surface area contributed by atoms with E-state index < -0.39 is 0 Å². The van der Waals surface area contributed by atoms with E-state index in [1.54, 1.807) is 0 Å². The van der Waals surface area contributed by atoms with Crippen LogP contribution in [-0.4, -0.2) is 0 Å². The highest BCUT2D eigenvalue weighted by atomic mass is 14.0. The molecule has 2 rings (SSSR count). The molecule has 2 aromatic rings. The van der Waals surface area contributed by atoms with Gasteiger partial charge in [0.1, 0.15) is 0 Å². The van der Waals surface area contributed by atoms with Gasteiger partial charge >= 0.3 is 0 Å². The Balaban J connectivity index is 2.21. The molecule has 0 N–H and O–H groups in total. The van der Waals surface area contributed by atoms with Gasteiger partial charge in [0.25, 0.3) is 0 Å². The van der Waals surface area contributed by atoms with Crippen molar-refractivity contribution in [3.8, 4) is 0 Å². The van der Waals surface area contributed by atoms with E-state index in [0.717, 1.165) is 0 Å². The van der Waals surface area contributed by atoms with Gasteiger partial charge in [0.15, 0.2) is 0 Å². The second-order valence-electron chi connectivity index (χ2n) is 4.09. The Morgan fingerprint density at radius 3 is 2.06 bits per heavy atom. The van der Waals surface area contributed by atoms with Crippen LogP contribution < -0.4 is 0 Å². The molecular formula is C16H16. The lowest BCUT2D eigenvalue weighted by molar-refractivity contribution is 1.33. The molecule has 0 bridgehead atoms. The maximum Gasteiger partial charge on any atom is -0.0254 e. The second kappa shape index (κ2) is 4.80. The minimum Gasteiger partial charge on any atom is -0.0622 e. The largest absolute Gasteiger partial charge is 0.0622 e. The molecule has 0 radical (unpaired) electrons. The number of benzene rings is 2. The SMILES string of the molecule is Cc1ccc(/C=C\c2ccccc2)cc1C. The lowest BCUT2D eigenvalue weighted by atomic mass is 10.1. The molecule has 0 aliphatic rings. The summed E-state index contributed by atoms with van der Waals surface area (Å²) in [6.45, 7) is 4.29. The number of aryl methyl sites for hydroxylation is 2. The highest BCUT2D eigenvalue weighted by molar-refractivity contribution is 5.69. The molecule has 0 aliphatic carbocycles. The summed E-state index contributed by atoms with van der Waals surface area (Å²) in [5.74, 6) is 0. The van der Waals surface area contributed by atoms with Crippen molar-refractivity contribution in [3.63, 3.8) is 0 Å². The van der Waals surface area contributed by atoms with Crippen LogP contribution in [0.5, 0.6) is 0 Å². The molecule has 0 saturated heterocycles. The fourth-order valence-electron chi connectivity index (χ4n) is 1.62. The predicted octanol–water partition coefficient (Wildman–Crippen LogP) is 4.47. The van der Waals surface area contributed by atoms with Gasteiger partial charge in [-0.3, -0.25) is 0 Å². The molecule has 0 fully saturated rings. The van der Waals surface area contributed by atoms with Gasteiger partial charge in [-0.05, 0) is 36.1 Å². The Morgan fingerprint density at radius 2 is 1.38 bits per heavy atom. The third-order valence-corrected chi connectivity index (χ3v) is 2.80. The normalized spacial score (nSPS) is 10.9. The molecule has 0 heterocycles. The molecule has 2 aromatic carbocycles. The summed E-state index contributed by atoms with van der Waals surface area (Å²) in [6.07, 6.45) is 4.30. The molecule has 0 aliphatic heterocycles. The monoisotopic (exact) mass is 208 g/mol. The maximum absolute atomic E-state index is 2.22. The van der Waals surface area contributed by atoms with Gasteiger partial charge in [-0.25, -0.2) is 0 Å². The van der Waals surface area contributed by atoms with Gasteiger partial charge < -0.3 is 0 Å². The van der Waals surface area contributed by atoms with Crippen LogP contribution in [0.2, 0.25) is 0 Å². The summed E-state index contributed by atoms with van der Waals surface area (Å²) in [6, 6.07) is 16.9. The summed E-state index contributed by atoms with van der Waals surface area (Å²) in [5, 5.41) is 0. The zero-order valence-electron chi connectivity index (χ0n) is 9.77. The van der Waals surface area contributed by atoms with E-state index in [9.17, 15) is 0 Å². The third kappa shape index (κ3) is 2.60. The molecule has 0 heteroatoms. The maximum atomic E-state index is 2.22. The highest BCUT2D eigenvalue weighted by Gasteiger charge is 1.92. The average molecular weight is 208 g/mol. The molecule has 0 aromatic heterocycles. The summed E-state index contributed by atoms with van der Waals surface area (Å²) in [4.78, 5) is 0. The molecule has 0 atom stereocenters. The number of hydrogen-bond donors (Lipinski definition) is 0. The quantitative estimate of drug-likeness (QED) is 0.638. The van der Waals surface area contributed by atoms with Gasteiger partial charge in [-0.1, -0.05) is 60.7 Å². The van der Waals surface area contributed by atoms with Crippen molar-refractivity contribution in [3.05, 3.63) is 70.8 Å². The molecule has 80 valence electrons. The molecule has 0 nitrogen and oxygen atoms in total. The van der Waals surface area contributed by atoms with E-state index in [0.29, 0.717) is 0 Å². The van der Waals surface area contributed by atoms with E-state index in [2.05, 4.69) is 68.5 Å². The topological polar surface area (TPSA) is 0 Å². The average Bonchev–Trinajstić information content (AvgIpc) is 2.32. The molecule has 0 saturated carbocycles. The van der Waals surface area contributed by atoms with Crippen LogP contribution in [0.3, 0.4) is 0 Å². The Bertz CT molecular complexity index is 493. The Labute approximate surface area is 97.3 Å². The van der Waals surface area contributed by atoms with Crippen molar-refractivity contribution >= 4 is 12.2 Å². The predicted molar refractivity (Wildman–Crippen MR) is 71.3 cm³/mol. The number of hydrogen-bond acceptors (Lipinski definition) is 0. The zero-order valence-corrected chi connectivity index (χ0v) is 9.77. The van der Waals surface area contributed by atoms with Crippen molar-refractivity contribution < 1.29 is 0 Å². The van der Waals surface area contributed by atoms with E-state index in [1.165, 1.54) is 22.3 Å². The van der Waals surface area contributed by atoms with E-state index in [4.69, 9.17) is 0 Å². The molecule has 16 heavy (non-hydrogen) atoms. The van der Waals surface area contributed by atoms with Crippen LogP contribution in [0, 0.1) is 13.8 Å². The lowest BCUT2D eigenvalue weighted by Gasteiger charge is -2.00. The summed E-state index contributed by atoms with van der Waals surface area (Å²) < 4.78 is 0. The summed E-state index contributed by atoms with van der Waals surface area (Å²) in [7, 11) is 0. The first-order chi connectivity index (χ1) is 7.75. The van der Waals surface area contributed by atoms with Crippen LogP contribution in [0.25, 0.3) is 12.2 Å². The highest BCUT2D eigenvalue weighted by Crippen LogP contribution is 2.12. The van der Waals surface area contributed by atoms with Crippen molar-refractivity contribution in [2.45, 2.75) is 13.8 Å². The third-order valence-electron chi connectivity index (χ3n) is 2.80. The van der Waals surface area contributed by atoms with Gasteiger partial charge in [0.05, 0.1) is 0 Å². The van der Waals surface area contributed by atoms with Crippen LogP contribution >= 0.6 is 0 Å². The second-order valence-corrected chi connectivity index (χ2v) is 4.09. The van der Waals surface area contributed by atoms with Crippen molar-refractivity contribution in [1.82, 2.24) is 0 Å². The minimum atomic E-state index is 1.24. The van der Waals surface area contributed by atoms with Crippen LogP contribution in [0.15, 0.2) is 48.5 Å². The van der Waals surface area contributed by atoms with E-state index >= 15 is 0 Å². The van der Waals surface area contributed by atoms with E-state index in [-0.39, 0.29) is 0 Å². The Hall–Kier alpha value is -1.82. The number of rotatable bonds is 2. The first-order valence-corrected chi connectivity index (χ1v) is 5.56. The van der Waals surface area contributed by atoms with Gasteiger partial charge in [-0.15, -0.1) is 0 Å². The Morgan fingerprint density at radius 1 is 0.688 bits per heavy atom. The summed E-state index contributed by atoms with van der Waals surface area (Å²) >= 11 is 0. The smallest absolute Gasteiger partial charge is 0.0254 e. The van der Waals surface area contributed by atoms with Crippen molar-refractivity contribution in [1.29, 1.82) is 0 Å². The molecule has 0 spiro atoms. The molecule has 0 amide bonds. The van der Waals surface area contributed by atoms with Crippen LogP contribution in [0.4, 0.5) is 0 Å². The first kappa shape index (κ1) is 10.7. The van der Waals surface area contributed by atoms with Gasteiger partial charge in [-0.2, -0.15) is 0 Å². The lowest BCUT2D eigenvalue weighted by Crippen LogP contribution is -1.81. The van der Waals surface area contributed by atoms with Crippen molar-refractivity contribution in [2.75, 3.05) is 0 Å². The van der Waals surface area contributed by atoms with Crippen molar-refractivity contribution in [2.24, 2.45) is 0 Å².